The second-order valence-corrected chi connectivity index (χ2v) is 6.50. The maximum Gasteiger partial charge on any atom is 0.0465 e. The fourth-order valence-corrected chi connectivity index (χ4v) is 3.39. The van der Waals surface area contributed by atoms with Gasteiger partial charge in [0.1, 0.15) is 0 Å². The summed E-state index contributed by atoms with van der Waals surface area (Å²) >= 11 is 12.1. The second-order valence-electron chi connectivity index (χ2n) is 5.66. The van der Waals surface area contributed by atoms with E-state index in [2.05, 4.69) is 12.2 Å². The normalized spacial score (nSPS) is 19.1. The largest absolute Gasteiger partial charge is 0.310 e. The van der Waals surface area contributed by atoms with Crippen molar-refractivity contribution in [3.63, 3.8) is 0 Å². The first-order valence-electron chi connectivity index (χ1n) is 7.34. The molecule has 1 aliphatic carbocycles. The molecule has 1 nitrogen and oxygen atoms in total. The molecule has 1 aromatic rings. The first-order valence-corrected chi connectivity index (χ1v) is 8.09. The van der Waals surface area contributed by atoms with Gasteiger partial charge in [-0.05, 0) is 43.4 Å². The molecule has 0 radical (unpaired) electrons. The lowest BCUT2D eigenvalue weighted by Crippen LogP contribution is -2.33. The highest BCUT2D eigenvalue weighted by atomic mass is 35.5. The molecule has 1 atom stereocenters. The van der Waals surface area contributed by atoms with Gasteiger partial charge in [0.2, 0.25) is 0 Å². The van der Waals surface area contributed by atoms with Crippen LogP contribution in [0.1, 0.15) is 51.0 Å². The zero-order valence-corrected chi connectivity index (χ0v) is 13.1. The van der Waals surface area contributed by atoms with Gasteiger partial charge < -0.3 is 5.32 Å². The molecule has 2 rings (SSSR count). The quantitative estimate of drug-likeness (QED) is 0.730. The van der Waals surface area contributed by atoms with Gasteiger partial charge in [0, 0.05) is 22.6 Å². The molecule has 0 unspecified atom stereocenters. The SMILES string of the molecule is C[C@H](NCc1ccc(Cl)cc1Cl)C1CCCCCC1. The van der Waals surface area contributed by atoms with Crippen molar-refractivity contribution in [2.75, 3.05) is 0 Å². The Kier molecular flexibility index (Phi) is 6.00. The molecule has 3 heteroatoms. The zero-order chi connectivity index (χ0) is 13.7. The van der Waals surface area contributed by atoms with Gasteiger partial charge in [-0.1, -0.05) is 55.0 Å². The Hall–Kier alpha value is -0.240. The van der Waals surface area contributed by atoms with Gasteiger partial charge in [-0.3, -0.25) is 0 Å². The van der Waals surface area contributed by atoms with E-state index in [-0.39, 0.29) is 0 Å². The molecule has 0 bridgehead atoms. The monoisotopic (exact) mass is 299 g/mol. The number of nitrogens with one attached hydrogen (secondary N) is 1. The molecule has 0 aliphatic heterocycles. The van der Waals surface area contributed by atoms with Gasteiger partial charge in [-0.2, -0.15) is 0 Å². The van der Waals surface area contributed by atoms with Gasteiger partial charge >= 0.3 is 0 Å². The van der Waals surface area contributed by atoms with Crippen molar-refractivity contribution >= 4 is 23.2 Å². The van der Waals surface area contributed by atoms with Crippen molar-refractivity contribution in [2.45, 2.75) is 58.0 Å². The topological polar surface area (TPSA) is 12.0 Å². The van der Waals surface area contributed by atoms with Crippen LogP contribution in [0.2, 0.25) is 10.0 Å². The maximum atomic E-state index is 6.20. The third-order valence-electron chi connectivity index (χ3n) is 4.24. The average Bonchev–Trinajstić information content (AvgIpc) is 2.66. The van der Waals surface area contributed by atoms with Gasteiger partial charge in [-0.15, -0.1) is 0 Å². The molecular formula is C16H23Cl2N. The van der Waals surface area contributed by atoms with E-state index in [0.717, 1.165) is 23.0 Å². The highest BCUT2D eigenvalue weighted by Gasteiger charge is 2.18. The van der Waals surface area contributed by atoms with Crippen molar-refractivity contribution in [1.29, 1.82) is 0 Å². The minimum atomic E-state index is 0.560. The molecule has 19 heavy (non-hydrogen) atoms. The van der Waals surface area contributed by atoms with E-state index >= 15 is 0 Å². The fourth-order valence-electron chi connectivity index (χ4n) is 2.91. The van der Waals surface area contributed by atoms with Gasteiger partial charge in [0.25, 0.3) is 0 Å². The van der Waals surface area contributed by atoms with Crippen LogP contribution in [0.5, 0.6) is 0 Å². The van der Waals surface area contributed by atoms with E-state index in [9.17, 15) is 0 Å². The molecule has 106 valence electrons. The molecule has 1 fully saturated rings. The standard InChI is InChI=1S/C16H23Cl2N/c1-12(13-6-4-2-3-5-7-13)19-11-14-8-9-15(17)10-16(14)18/h8-10,12-13,19H,2-7,11H2,1H3/t12-/m0/s1. The Balaban J connectivity index is 1.86. The summed E-state index contributed by atoms with van der Waals surface area (Å²) in [6.07, 6.45) is 8.32. The Bertz CT molecular complexity index is 398. The number of rotatable bonds is 4. The van der Waals surface area contributed by atoms with Gasteiger partial charge in [0.15, 0.2) is 0 Å². The van der Waals surface area contributed by atoms with E-state index in [0.29, 0.717) is 11.1 Å². The average molecular weight is 300 g/mol. The summed E-state index contributed by atoms with van der Waals surface area (Å²) in [6.45, 7) is 3.13. The third-order valence-corrected chi connectivity index (χ3v) is 4.82. The highest BCUT2D eigenvalue weighted by Crippen LogP contribution is 2.26. The van der Waals surface area contributed by atoms with Crippen LogP contribution in [-0.2, 0) is 6.54 Å². The number of hydrogen-bond donors (Lipinski definition) is 1. The fraction of sp³-hybridized carbons (Fsp3) is 0.625. The predicted octanol–water partition coefficient (Wildman–Crippen LogP) is 5.44. The van der Waals surface area contributed by atoms with E-state index in [4.69, 9.17) is 23.2 Å². The Morgan fingerprint density at radius 1 is 1.16 bits per heavy atom. The van der Waals surface area contributed by atoms with E-state index < -0.39 is 0 Å². The summed E-state index contributed by atoms with van der Waals surface area (Å²) < 4.78 is 0. The number of halogens is 2. The lowest BCUT2D eigenvalue weighted by atomic mass is 9.93. The van der Waals surface area contributed by atoms with Crippen molar-refractivity contribution in [3.8, 4) is 0 Å². The van der Waals surface area contributed by atoms with Crippen molar-refractivity contribution in [3.05, 3.63) is 33.8 Å². The summed E-state index contributed by atoms with van der Waals surface area (Å²) in [4.78, 5) is 0. The molecule has 1 N–H and O–H groups in total. The molecule has 0 aromatic heterocycles. The number of hydrogen-bond acceptors (Lipinski definition) is 1. The van der Waals surface area contributed by atoms with Crippen LogP contribution in [0, 0.1) is 5.92 Å². The summed E-state index contributed by atoms with van der Waals surface area (Å²) in [5, 5.41) is 5.09. The lowest BCUT2D eigenvalue weighted by Gasteiger charge is -2.24. The first-order chi connectivity index (χ1) is 9.16. The van der Waals surface area contributed by atoms with Crippen LogP contribution in [0.3, 0.4) is 0 Å². The van der Waals surface area contributed by atoms with Crippen LogP contribution >= 0.6 is 23.2 Å². The predicted molar refractivity (Wildman–Crippen MR) is 84.0 cm³/mol. The minimum Gasteiger partial charge on any atom is -0.310 e. The van der Waals surface area contributed by atoms with Crippen LogP contribution in [0.15, 0.2) is 18.2 Å². The molecular weight excluding hydrogens is 277 g/mol. The molecule has 1 aliphatic rings. The summed E-state index contributed by atoms with van der Waals surface area (Å²) in [7, 11) is 0. The van der Waals surface area contributed by atoms with E-state index in [1.54, 1.807) is 0 Å². The summed E-state index contributed by atoms with van der Waals surface area (Å²) in [5.41, 5.74) is 1.13. The van der Waals surface area contributed by atoms with Crippen LogP contribution in [-0.4, -0.2) is 6.04 Å². The molecule has 0 saturated heterocycles. The Morgan fingerprint density at radius 3 is 2.47 bits per heavy atom. The van der Waals surface area contributed by atoms with Crippen molar-refractivity contribution in [1.82, 2.24) is 5.32 Å². The number of benzene rings is 1. The van der Waals surface area contributed by atoms with Crippen molar-refractivity contribution in [2.24, 2.45) is 5.92 Å². The highest BCUT2D eigenvalue weighted by molar-refractivity contribution is 6.35. The van der Waals surface area contributed by atoms with E-state index in [1.165, 1.54) is 38.5 Å². The van der Waals surface area contributed by atoms with Crippen LogP contribution < -0.4 is 5.32 Å². The molecule has 0 amide bonds. The molecule has 0 spiro atoms. The maximum absolute atomic E-state index is 6.20. The molecule has 0 heterocycles. The van der Waals surface area contributed by atoms with Gasteiger partial charge in [0.05, 0.1) is 0 Å². The smallest absolute Gasteiger partial charge is 0.0465 e. The second kappa shape index (κ2) is 7.52. The third kappa shape index (κ3) is 4.66. The molecule has 1 saturated carbocycles. The zero-order valence-electron chi connectivity index (χ0n) is 11.6. The Morgan fingerprint density at radius 2 is 1.84 bits per heavy atom. The van der Waals surface area contributed by atoms with Crippen LogP contribution in [0.25, 0.3) is 0 Å². The lowest BCUT2D eigenvalue weighted by molar-refractivity contribution is 0.336. The van der Waals surface area contributed by atoms with E-state index in [1.807, 2.05) is 18.2 Å². The summed E-state index contributed by atoms with van der Waals surface area (Å²) in [6, 6.07) is 6.29. The minimum absolute atomic E-state index is 0.560. The van der Waals surface area contributed by atoms with Crippen LogP contribution in [0.4, 0.5) is 0 Å². The summed E-state index contributed by atoms with van der Waals surface area (Å²) in [5.74, 6) is 0.813. The Labute approximate surface area is 126 Å². The molecule has 1 aromatic carbocycles. The first kappa shape index (κ1) is 15.2. The van der Waals surface area contributed by atoms with Crippen molar-refractivity contribution < 1.29 is 0 Å². The van der Waals surface area contributed by atoms with Gasteiger partial charge in [-0.25, -0.2) is 0 Å².